The van der Waals surface area contributed by atoms with Crippen LogP contribution in [0, 0.1) is 0 Å². The van der Waals surface area contributed by atoms with Crippen LogP contribution in [0.15, 0.2) is 55.4 Å². The fourth-order valence-electron chi connectivity index (χ4n) is 3.27. The van der Waals surface area contributed by atoms with Crippen LogP contribution < -0.4 is 10.1 Å². The molecular weight excluding hydrogens is 404 g/mol. The number of ether oxygens (including phenoxy) is 1. The molecule has 2 amide bonds. The number of nitrogens with zero attached hydrogens (tertiary/aromatic N) is 5. The first-order valence-corrected chi connectivity index (χ1v) is 10.1. The molecule has 1 N–H and O–H groups in total. The minimum atomic E-state index is -0.110. The molecule has 0 bridgehead atoms. The topological polar surface area (TPSA) is 93.1 Å². The molecule has 0 radical (unpaired) electrons. The van der Waals surface area contributed by atoms with E-state index in [9.17, 15) is 4.79 Å². The summed E-state index contributed by atoms with van der Waals surface area (Å²) in [4.78, 5) is 30.5. The van der Waals surface area contributed by atoms with Crippen LogP contribution in [0.4, 0.5) is 4.79 Å². The molecule has 8 nitrogen and oxygen atoms in total. The van der Waals surface area contributed by atoms with Gasteiger partial charge in [-0.25, -0.2) is 24.7 Å². The highest BCUT2D eigenvalue weighted by atomic mass is 35.5. The number of urea groups is 1. The van der Waals surface area contributed by atoms with Crippen molar-refractivity contribution in [1.82, 2.24) is 30.2 Å². The SMILES string of the molecule is O=C(NCc1ccc(-c2cncnc2)cc1Cl)N1CCC(Oc2ncccn2)CC1. The van der Waals surface area contributed by atoms with Crippen molar-refractivity contribution in [2.45, 2.75) is 25.5 Å². The molecule has 30 heavy (non-hydrogen) atoms. The molecule has 9 heteroatoms. The molecular formula is C21H21ClN6O2. The van der Waals surface area contributed by atoms with Gasteiger partial charge in [-0.2, -0.15) is 0 Å². The molecule has 1 aromatic carbocycles. The lowest BCUT2D eigenvalue weighted by molar-refractivity contribution is 0.103. The van der Waals surface area contributed by atoms with Gasteiger partial charge < -0.3 is 15.0 Å². The van der Waals surface area contributed by atoms with Crippen molar-refractivity contribution in [2.24, 2.45) is 0 Å². The Bertz CT molecular complexity index is 981. The second-order valence-corrected chi connectivity index (χ2v) is 7.33. The zero-order chi connectivity index (χ0) is 20.8. The molecule has 0 spiro atoms. The molecule has 2 aromatic heterocycles. The van der Waals surface area contributed by atoms with Crippen molar-refractivity contribution in [3.05, 3.63) is 66.0 Å². The first-order valence-electron chi connectivity index (χ1n) is 9.69. The number of rotatable bonds is 5. The van der Waals surface area contributed by atoms with Crippen LogP contribution in [0.2, 0.25) is 5.02 Å². The summed E-state index contributed by atoms with van der Waals surface area (Å²) >= 11 is 6.41. The van der Waals surface area contributed by atoms with Crippen molar-refractivity contribution >= 4 is 17.6 Å². The lowest BCUT2D eigenvalue weighted by Crippen LogP contribution is -2.46. The number of hydrogen-bond acceptors (Lipinski definition) is 6. The van der Waals surface area contributed by atoms with E-state index in [0.717, 1.165) is 29.5 Å². The average molecular weight is 425 g/mol. The number of carbonyl (C=O) groups is 1. The molecule has 4 rings (SSSR count). The second kappa shape index (κ2) is 9.49. The van der Waals surface area contributed by atoms with Crippen molar-refractivity contribution in [2.75, 3.05) is 13.1 Å². The number of benzene rings is 1. The Morgan fingerprint density at radius 3 is 2.57 bits per heavy atom. The van der Waals surface area contributed by atoms with Crippen molar-refractivity contribution in [3.63, 3.8) is 0 Å². The van der Waals surface area contributed by atoms with Crippen LogP contribution in [0.25, 0.3) is 11.1 Å². The number of hydrogen-bond donors (Lipinski definition) is 1. The number of nitrogens with one attached hydrogen (secondary N) is 1. The van der Waals surface area contributed by atoms with Gasteiger partial charge in [0.2, 0.25) is 0 Å². The van der Waals surface area contributed by atoms with E-state index < -0.39 is 0 Å². The molecule has 1 aliphatic rings. The summed E-state index contributed by atoms with van der Waals surface area (Å²) in [6.45, 7) is 1.59. The Morgan fingerprint density at radius 2 is 1.87 bits per heavy atom. The number of amides is 2. The summed E-state index contributed by atoms with van der Waals surface area (Å²) in [5.41, 5.74) is 2.67. The van der Waals surface area contributed by atoms with Gasteiger partial charge in [-0.3, -0.25) is 0 Å². The summed E-state index contributed by atoms with van der Waals surface area (Å²) in [7, 11) is 0. The lowest BCUT2D eigenvalue weighted by atomic mass is 10.1. The van der Waals surface area contributed by atoms with Crippen LogP contribution >= 0.6 is 11.6 Å². The van der Waals surface area contributed by atoms with Crippen LogP contribution in [-0.2, 0) is 6.54 Å². The molecule has 3 aromatic rings. The molecule has 1 aliphatic heterocycles. The Hall–Kier alpha value is -3.26. The molecule has 0 atom stereocenters. The number of halogens is 1. The van der Waals surface area contributed by atoms with E-state index in [1.54, 1.807) is 35.8 Å². The van der Waals surface area contributed by atoms with Gasteiger partial charge >= 0.3 is 12.0 Å². The highest BCUT2D eigenvalue weighted by Gasteiger charge is 2.24. The highest BCUT2D eigenvalue weighted by molar-refractivity contribution is 6.31. The predicted octanol–water partition coefficient (Wildman–Crippen LogP) is 3.34. The van der Waals surface area contributed by atoms with Crippen molar-refractivity contribution in [3.8, 4) is 17.1 Å². The van der Waals surface area contributed by atoms with Crippen LogP contribution in [0.1, 0.15) is 18.4 Å². The molecule has 0 unspecified atom stereocenters. The Morgan fingerprint density at radius 1 is 1.13 bits per heavy atom. The van der Waals surface area contributed by atoms with E-state index in [1.807, 2.05) is 18.2 Å². The first-order chi connectivity index (χ1) is 14.7. The third-order valence-electron chi connectivity index (χ3n) is 4.92. The average Bonchev–Trinajstić information content (AvgIpc) is 2.80. The monoisotopic (exact) mass is 424 g/mol. The van der Waals surface area contributed by atoms with Crippen molar-refractivity contribution < 1.29 is 9.53 Å². The third kappa shape index (κ3) is 5.01. The van der Waals surface area contributed by atoms with Gasteiger partial charge in [-0.15, -0.1) is 0 Å². The number of likely N-dealkylation sites (tertiary alicyclic amines) is 1. The van der Waals surface area contributed by atoms with E-state index in [1.165, 1.54) is 6.33 Å². The summed E-state index contributed by atoms with van der Waals surface area (Å²) in [6.07, 6.45) is 9.74. The number of carbonyl (C=O) groups excluding carboxylic acids is 1. The Kier molecular flexibility index (Phi) is 6.34. The Labute approximate surface area is 179 Å². The van der Waals surface area contributed by atoms with Crippen molar-refractivity contribution in [1.29, 1.82) is 0 Å². The quantitative estimate of drug-likeness (QED) is 0.675. The van der Waals surface area contributed by atoms with E-state index in [4.69, 9.17) is 16.3 Å². The number of aromatic nitrogens is 4. The zero-order valence-electron chi connectivity index (χ0n) is 16.2. The molecule has 0 aliphatic carbocycles. The second-order valence-electron chi connectivity index (χ2n) is 6.93. The lowest BCUT2D eigenvalue weighted by Gasteiger charge is -2.31. The number of piperidine rings is 1. The smallest absolute Gasteiger partial charge is 0.317 e. The van der Waals surface area contributed by atoms with Gasteiger partial charge in [0, 0.05) is 67.8 Å². The zero-order valence-corrected chi connectivity index (χ0v) is 17.0. The maximum Gasteiger partial charge on any atom is 0.317 e. The van der Waals surface area contributed by atoms with Gasteiger partial charge in [-0.1, -0.05) is 23.7 Å². The van der Waals surface area contributed by atoms with E-state index in [0.29, 0.717) is 30.7 Å². The molecule has 0 saturated carbocycles. The van der Waals surface area contributed by atoms with Crippen LogP contribution in [0.3, 0.4) is 0 Å². The maximum absolute atomic E-state index is 12.5. The summed E-state index contributed by atoms with van der Waals surface area (Å²) in [5.74, 6) is 0. The fraction of sp³-hybridized carbons (Fsp3) is 0.286. The maximum atomic E-state index is 12.5. The van der Waals surface area contributed by atoms with E-state index in [-0.39, 0.29) is 12.1 Å². The molecule has 1 fully saturated rings. The van der Waals surface area contributed by atoms with Gasteiger partial charge in [0.05, 0.1) is 0 Å². The molecule has 154 valence electrons. The predicted molar refractivity (Wildman–Crippen MR) is 112 cm³/mol. The van der Waals surface area contributed by atoms with E-state index in [2.05, 4.69) is 25.3 Å². The Balaban J connectivity index is 1.27. The van der Waals surface area contributed by atoms with Crippen LogP contribution in [0.5, 0.6) is 6.01 Å². The summed E-state index contributed by atoms with van der Waals surface area (Å²) in [5, 5.41) is 3.54. The minimum Gasteiger partial charge on any atom is -0.460 e. The standard InChI is InChI=1S/C21H21ClN6O2/c22-19-10-15(17-11-23-14-24-12-17)2-3-16(19)13-27-21(29)28-8-4-18(5-9-28)30-20-25-6-1-7-26-20/h1-3,6-7,10-12,14,18H,4-5,8-9,13H2,(H,27,29). The molecule has 1 saturated heterocycles. The largest absolute Gasteiger partial charge is 0.460 e. The summed E-state index contributed by atoms with van der Waals surface area (Å²) < 4.78 is 5.77. The normalized spacial score (nSPS) is 14.4. The third-order valence-corrected chi connectivity index (χ3v) is 5.27. The fourth-order valence-corrected chi connectivity index (χ4v) is 3.52. The summed E-state index contributed by atoms with van der Waals surface area (Å²) in [6, 6.07) is 7.72. The first kappa shape index (κ1) is 20.0. The van der Waals surface area contributed by atoms with E-state index >= 15 is 0 Å². The highest BCUT2D eigenvalue weighted by Crippen LogP contribution is 2.25. The van der Waals surface area contributed by atoms with Crippen LogP contribution in [-0.4, -0.2) is 50.1 Å². The van der Waals surface area contributed by atoms with Gasteiger partial charge in [0.25, 0.3) is 0 Å². The molecule has 3 heterocycles. The van der Waals surface area contributed by atoms with Gasteiger partial charge in [0.1, 0.15) is 12.4 Å². The minimum absolute atomic E-state index is 0.0143. The van der Waals surface area contributed by atoms with Gasteiger partial charge in [-0.05, 0) is 23.3 Å². The van der Waals surface area contributed by atoms with Gasteiger partial charge in [0.15, 0.2) is 0 Å².